The Morgan fingerprint density at radius 3 is 2.83 bits per heavy atom. The number of nitrogens with one attached hydrogen (secondary N) is 1. The average molecular weight is 345 g/mol. The molecule has 122 valence electrons. The summed E-state index contributed by atoms with van der Waals surface area (Å²) in [7, 11) is 0. The Hall–Kier alpha value is -2.99. The number of anilines is 1. The van der Waals surface area contributed by atoms with Crippen LogP contribution in [0.4, 0.5) is 5.69 Å². The lowest BCUT2D eigenvalue weighted by molar-refractivity contribution is 0.102. The predicted molar refractivity (Wildman–Crippen MR) is 91.2 cm³/mol. The Kier molecular flexibility index (Phi) is 4.14. The summed E-state index contributed by atoms with van der Waals surface area (Å²) in [6.07, 6.45) is 1.57. The first-order valence-corrected chi connectivity index (χ1v) is 7.00. The van der Waals surface area contributed by atoms with Gasteiger partial charge in [0.25, 0.3) is 5.91 Å². The highest BCUT2D eigenvalue weighted by atomic mass is 35.5. The van der Waals surface area contributed by atoms with Crippen LogP contribution in [0.5, 0.6) is 17.2 Å². The number of amides is 1. The van der Waals surface area contributed by atoms with Crippen molar-refractivity contribution in [3.8, 4) is 17.2 Å². The number of nitrogens with zero attached hydrogens (tertiary/aromatic N) is 1. The van der Waals surface area contributed by atoms with Crippen molar-refractivity contribution >= 4 is 34.9 Å². The zero-order chi connectivity index (χ0) is 15.8. The molecular weight excluding hydrogens is 332 g/mol. The average Bonchev–Trinajstić information content (AvgIpc) is 3.03. The number of pyridine rings is 1. The van der Waals surface area contributed by atoms with Crippen molar-refractivity contribution in [3.63, 3.8) is 0 Å². The smallest absolute Gasteiger partial charge is 0.259 e. The van der Waals surface area contributed by atoms with Crippen molar-refractivity contribution in [3.05, 3.63) is 54.2 Å². The molecule has 0 unspecified atom stereocenters. The largest absolute Gasteiger partial charge is 0.505 e. The lowest BCUT2D eigenvalue weighted by Crippen LogP contribution is -2.12. The molecule has 24 heavy (non-hydrogen) atoms. The van der Waals surface area contributed by atoms with Crippen LogP contribution >= 0.6 is 12.4 Å². The van der Waals surface area contributed by atoms with Crippen LogP contribution in [0.3, 0.4) is 0 Å². The summed E-state index contributed by atoms with van der Waals surface area (Å²) < 4.78 is 10.5. The maximum atomic E-state index is 12.4. The number of aromatic hydroxyl groups is 1. The molecule has 4 rings (SSSR count). The van der Waals surface area contributed by atoms with Crippen molar-refractivity contribution < 1.29 is 19.4 Å². The molecule has 2 N–H and O–H groups in total. The highest BCUT2D eigenvalue weighted by molar-refractivity contribution is 6.09. The normalized spacial score (nSPS) is 11.8. The van der Waals surface area contributed by atoms with E-state index in [9.17, 15) is 9.90 Å². The van der Waals surface area contributed by atoms with Gasteiger partial charge in [0.2, 0.25) is 6.79 Å². The van der Waals surface area contributed by atoms with Crippen LogP contribution in [0.2, 0.25) is 0 Å². The fourth-order valence-electron chi connectivity index (χ4n) is 2.49. The van der Waals surface area contributed by atoms with E-state index in [-0.39, 0.29) is 30.5 Å². The van der Waals surface area contributed by atoms with Gasteiger partial charge in [-0.05, 0) is 24.3 Å². The monoisotopic (exact) mass is 344 g/mol. The van der Waals surface area contributed by atoms with Crippen LogP contribution in [-0.2, 0) is 0 Å². The van der Waals surface area contributed by atoms with Crippen molar-refractivity contribution in [1.29, 1.82) is 0 Å². The van der Waals surface area contributed by atoms with Crippen molar-refractivity contribution in [2.24, 2.45) is 0 Å². The molecule has 0 radical (unpaired) electrons. The molecule has 6 nitrogen and oxygen atoms in total. The van der Waals surface area contributed by atoms with Gasteiger partial charge in [-0.2, -0.15) is 0 Å². The lowest BCUT2D eigenvalue weighted by Gasteiger charge is -2.09. The van der Waals surface area contributed by atoms with Gasteiger partial charge in [-0.15, -0.1) is 12.4 Å². The van der Waals surface area contributed by atoms with E-state index in [1.807, 2.05) is 6.07 Å². The quantitative estimate of drug-likeness (QED) is 0.745. The van der Waals surface area contributed by atoms with E-state index in [4.69, 9.17) is 9.47 Å². The highest BCUT2D eigenvalue weighted by Crippen LogP contribution is 2.34. The molecule has 0 spiro atoms. The molecule has 1 aliphatic rings. The van der Waals surface area contributed by atoms with E-state index < -0.39 is 5.91 Å². The third-order valence-corrected chi connectivity index (χ3v) is 3.62. The fourth-order valence-corrected chi connectivity index (χ4v) is 2.49. The minimum atomic E-state index is -0.422. The molecule has 2 heterocycles. The van der Waals surface area contributed by atoms with Gasteiger partial charge in [0.15, 0.2) is 17.2 Å². The molecule has 0 saturated heterocycles. The second-order valence-corrected chi connectivity index (χ2v) is 5.06. The van der Waals surface area contributed by atoms with E-state index in [1.54, 1.807) is 42.6 Å². The van der Waals surface area contributed by atoms with Crippen LogP contribution in [-0.4, -0.2) is 22.8 Å². The summed E-state index contributed by atoms with van der Waals surface area (Å²) in [5.74, 6) is 0.656. The molecular formula is C17H13ClN2O4. The molecule has 0 fully saturated rings. The number of rotatable bonds is 2. The van der Waals surface area contributed by atoms with E-state index in [0.29, 0.717) is 22.7 Å². The zero-order valence-electron chi connectivity index (χ0n) is 12.4. The van der Waals surface area contributed by atoms with Crippen molar-refractivity contribution in [1.82, 2.24) is 4.98 Å². The number of hydrogen-bond donors (Lipinski definition) is 2. The minimum absolute atomic E-state index is 0. The number of halogens is 1. The molecule has 7 heteroatoms. The molecule has 1 aliphatic heterocycles. The Morgan fingerprint density at radius 1 is 1.12 bits per heavy atom. The van der Waals surface area contributed by atoms with Crippen LogP contribution in [0.25, 0.3) is 10.9 Å². The van der Waals surface area contributed by atoms with Crippen molar-refractivity contribution in [2.75, 3.05) is 12.1 Å². The van der Waals surface area contributed by atoms with Crippen molar-refractivity contribution in [2.45, 2.75) is 0 Å². The number of ether oxygens (including phenoxy) is 2. The van der Waals surface area contributed by atoms with Gasteiger partial charge in [0.05, 0.1) is 5.56 Å². The van der Waals surface area contributed by atoms with Crippen LogP contribution in [0.15, 0.2) is 48.7 Å². The molecule has 1 amide bonds. The van der Waals surface area contributed by atoms with E-state index in [1.165, 1.54) is 0 Å². The first-order chi connectivity index (χ1) is 11.2. The molecule has 0 atom stereocenters. The summed E-state index contributed by atoms with van der Waals surface area (Å²) in [5, 5.41) is 13.8. The van der Waals surface area contributed by atoms with E-state index >= 15 is 0 Å². The standard InChI is InChI=1S/C17H12N2O4.ClH/c20-16-12(5-3-10-2-1-7-18-15(10)16)17(21)19-11-4-6-13-14(8-11)23-9-22-13;/h1-8,20H,9H2,(H,19,21);1H. The lowest BCUT2D eigenvalue weighted by atomic mass is 10.1. The Morgan fingerprint density at radius 2 is 1.96 bits per heavy atom. The van der Waals surface area contributed by atoms with Gasteiger partial charge in [0, 0.05) is 23.3 Å². The molecule has 0 saturated carbocycles. The molecule has 3 aromatic rings. The number of carbonyl (C=O) groups excluding carboxylic acids is 1. The minimum Gasteiger partial charge on any atom is -0.505 e. The Balaban J connectivity index is 0.00000169. The van der Waals surface area contributed by atoms with Crippen LogP contribution < -0.4 is 14.8 Å². The second-order valence-electron chi connectivity index (χ2n) is 5.06. The third kappa shape index (κ3) is 2.68. The molecule has 2 aromatic carbocycles. The second kappa shape index (κ2) is 6.25. The number of aromatic nitrogens is 1. The van der Waals surface area contributed by atoms with Crippen LogP contribution in [0, 0.1) is 0 Å². The number of fused-ring (bicyclic) bond motifs is 2. The van der Waals surface area contributed by atoms with Gasteiger partial charge in [-0.3, -0.25) is 9.78 Å². The topological polar surface area (TPSA) is 80.7 Å². The maximum Gasteiger partial charge on any atom is 0.259 e. The Labute approximate surface area is 143 Å². The SMILES string of the molecule is Cl.O=C(Nc1ccc2c(c1)OCO2)c1ccc2cccnc2c1O. The fraction of sp³-hybridized carbons (Fsp3) is 0.0588. The highest BCUT2D eigenvalue weighted by Gasteiger charge is 2.17. The van der Waals surface area contributed by atoms with E-state index in [2.05, 4.69) is 10.3 Å². The summed E-state index contributed by atoms with van der Waals surface area (Å²) in [6, 6.07) is 12.0. The third-order valence-electron chi connectivity index (χ3n) is 3.62. The molecule has 0 aliphatic carbocycles. The maximum absolute atomic E-state index is 12.4. The van der Waals surface area contributed by atoms with Gasteiger partial charge < -0.3 is 19.9 Å². The van der Waals surface area contributed by atoms with Gasteiger partial charge in [0.1, 0.15) is 5.52 Å². The summed E-state index contributed by atoms with van der Waals surface area (Å²) in [4.78, 5) is 16.5. The first-order valence-electron chi connectivity index (χ1n) is 7.00. The van der Waals surface area contributed by atoms with E-state index in [0.717, 1.165) is 5.39 Å². The summed E-state index contributed by atoms with van der Waals surface area (Å²) >= 11 is 0. The molecule has 1 aromatic heterocycles. The molecule has 0 bridgehead atoms. The number of hydrogen-bond acceptors (Lipinski definition) is 5. The number of phenolic OH excluding ortho intramolecular Hbond substituents is 1. The van der Waals surface area contributed by atoms with Gasteiger partial charge >= 0.3 is 0 Å². The number of phenols is 1. The predicted octanol–water partition coefficient (Wildman–Crippen LogP) is 3.34. The zero-order valence-corrected chi connectivity index (χ0v) is 13.2. The number of benzene rings is 2. The summed E-state index contributed by atoms with van der Waals surface area (Å²) in [5.41, 5.74) is 1.11. The first kappa shape index (κ1) is 15.9. The number of carbonyl (C=O) groups is 1. The van der Waals surface area contributed by atoms with Crippen LogP contribution in [0.1, 0.15) is 10.4 Å². The Bertz CT molecular complexity index is 930. The van der Waals surface area contributed by atoms with Gasteiger partial charge in [-0.1, -0.05) is 12.1 Å². The van der Waals surface area contributed by atoms with Gasteiger partial charge in [-0.25, -0.2) is 0 Å². The summed E-state index contributed by atoms with van der Waals surface area (Å²) in [6.45, 7) is 0.171.